The maximum Gasteiger partial charge on any atom is 0.342 e. The number of fused-ring (bicyclic) bond motifs is 1. The van der Waals surface area contributed by atoms with Crippen molar-refractivity contribution in [1.29, 1.82) is 0 Å². The fourth-order valence-electron chi connectivity index (χ4n) is 3.41. The van der Waals surface area contributed by atoms with Crippen molar-refractivity contribution in [1.82, 2.24) is 4.98 Å². The molecule has 1 saturated heterocycles. The van der Waals surface area contributed by atoms with Crippen LogP contribution in [0.25, 0.3) is 10.9 Å². The molecule has 0 radical (unpaired) electrons. The van der Waals surface area contributed by atoms with Gasteiger partial charge in [-0.15, -0.1) is 0 Å². The summed E-state index contributed by atoms with van der Waals surface area (Å²) in [5.74, 6) is -2.44. The molecule has 1 fully saturated rings. The molecule has 1 amide bonds. The smallest absolute Gasteiger partial charge is 0.342 e. The van der Waals surface area contributed by atoms with Crippen molar-refractivity contribution in [3.8, 4) is 0 Å². The van der Waals surface area contributed by atoms with E-state index in [0.717, 1.165) is 55.0 Å². The van der Waals surface area contributed by atoms with Gasteiger partial charge < -0.3 is 15.0 Å². The molecule has 1 N–H and O–H groups in total. The number of anilines is 2. The van der Waals surface area contributed by atoms with E-state index < -0.39 is 30.1 Å². The molecule has 0 bridgehead atoms. The number of nitrogens with one attached hydrogen (secondary N) is 1. The standard InChI is InChI=1S/C22H19F2N3O3/c23-15-7-8-17(24)19(12-15)25-20(28)13-30-22(29)16-11-14-5-1-2-6-18(14)26-21(16)27-9-3-4-10-27/h1-2,5-8,11-12H,3-4,9-10,13H2,(H,25,28). The van der Waals surface area contributed by atoms with E-state index in [1.807, 2.05) is 29.2 Å². The number of nitrogens with zero attached hydrogens (tertiary/aromatic N) is 2. The molecule has 0 spiro atoms. The van der Waals surface area contributed by atoms with Gasteiger partial charge in [-0.3, -0.25) is 4.79 Å². The number of halogens is 2. The van der Waals surface area contributed by atoms with Crippen molar-refractivity contribution < 1.29 is 23.1 Å². The van der Waals surface area contributed by atoms with Gasteiger partial charge in [-0.1, -0.05) is 18.2 Å². The maximum absolute atomic E-state index is 13.7. The lowest BCUT2D eigenvalue weighted by molar-refractivity contribution is -0.119. The van der Waals surface area contributed by atoms with E-state index in [0.29, 0.717) is 5.82 Å². The molecule has 154 valence electrons. The lowest BCUT2D eigenvalue weighted by atomic mass is 10.1. The Bertz CT molecular complexity index is 1110. The van der Waals surface area contributed by atoms with Crippen LogP contribution in [-0.4, -0.2) is 36.6 Å². The molecule has 0 aliphatic carbocycles. The lowest BCUT2D eigenvalue weighted by Crippen LogP contribution is -2.25. The molecule has 30 heavy (non-hydrogen) atoms. The molecule has 0 atom stereocenters. The number of carbonyl (C=O) groups is 2. The molecule has 1 aliphatic heterocycles. The lowest BCUT2D eigenvalue weighted by Gasteiger charge is -2.20. The second-order valence-electron chi connectivity index (χ2n) is 6.99. The second kappa shape index (κ2) is 8.44. The molecule has 0 saturated carbocycles. The summed E-state index contributed by atoms with van der Waals surface area (Å²) in [6, 6.07) is 11.8. The molecular formula is C22H19F2N3O3. The zero-order valence-corrected chi connectivity index (χ0v) is 16.0. The number of benzene rings is 2. The van der Waals surface area contributed by atoms with Crippen LogP contribution in [0, 0.1) is 11.6 Å². The van der Waals surface area contributed by atoms with Crippen LogP contribution in [0.5, 0.6) is 0 Å². The first-order valence-electron chi connectivity index (χ1n) is 9.58. The number of rotatable bonds is 5. The van der Waals surface area contributed by atoms with Crippen molar-refractivity contribution in [2.75, 3.05) is 29.9 Å². The topological polar surface area (TPSA) is 71.5 Å². The number of aromatic nitrogens is 1. The van der Waals surface area contributed by atoms with Gasteiger partial charge in [-0.25, -0.2) is 18.6 Å². The van der Waals surface area contributed by atoms with E-state index in [1.54, 1.807) is 6.07 Å². The van der Waals surface area contributed by atoms with Crippen LogP contribution in [0.4, 0.5) is 20.3 Å². The zero-order valence-electron chi connectivity index (χ0n) is 16.0. The molecule has 6 nitrogen and oxygen atoms in total. The Morgan fingerprint density at radius 2 is 1.83 bits per heavy atom. The van der Waals surface area contributed by atoms with Crippen LogP contribution >= 0.6 is 0 Å². The van der Waals surface area contributed by atoms with Gasteiger partial charge in [0.25, 0.3) is 5.91 Å². The summed E-state index contributed by atoms with van der Waals surface area (Å²) >= 11 is 0. The van der Waals surface area contributed by atoms with Gasteiger partial charge in [0.1, 0.15) is 23.0 Å². The summed E-state index contributed by atoms with van der Waals surface area (Å²) in [5, 5.41) is 2.98. The second-order valence-corrected chi connectivity index (χ2v) is 6.99. The number of hydrogen-bond donors (Lipinski definition) is 1. The van der Waals surface area contributed by atoms with E-state index in [-0.39, 0.29) is 11.3 Å². The molecule has 2 heterocycles. The van der Waals surface area contributed by atoms with Crippen molar-refractivity contribution in [3.05, 3.63) is 65.7 Å². The van der Waals surface area contributed by atoms with E-state index in [2.05, 4.69) is 10.3 Å². The third kappa shape index (κ3) is 4.22. The van der Waals surface area contributed by atoms with Crippen molar-refractivity contribution in [3.63, 3.8) is 0 Å². The summed E-state index contributed by atoms with van der Waals surface area (Å²) in [4.78, 5) is 31.4. The van der Waals surface area contributed by atoms with Gasteiger partial charge in [-0.05, 0) is 37.1 Å². The Morgan fingerprint density at radius 3 is 2.63 bits per heavy atom. The van der Waals surface area contributed by atoms with Gasteiger partial charge in [0.2, 0.25) is 0 Å². The van der Waals surface area contributed by atoms with Crippen LogP contribution in [0.2, 0.25) is 0 Å². The predicted molar refractivity (Wildman–Crippen MR) is 108 cm³/mol. The van der Waals surface area contributed by atoms with E-state index >= 15 is 0 Å². The fraction of sp³-hybridized carbons (Fsp3) is 0.227. The number of esters is 1. The minimum absolute atomic E-state index is 0.264. The van der Waals surface area contributed by atoms with Gasteiger partial charge in [0.15, 0.2) is 6.61 Å². The first kappa shape index (κ1) is 19.8. The summed E-state index contributed by atoms with van der Waals surface area (Å²) in [6.07, 6.45) is 2.01. The summed E-state index contributed by atoms with van der Waals surface area (Å²) in [7, 11) is 0. The number of hydrogen-bond acceptors (Lipinski definition) is 5. The highest BCUT2D eigenvalue weighted by Gasteiger charge is 2.23. The van der Waals surface area contributed by atoms with Crippen LogP contribution in [0.15, 0.2) is 48.5 Å². The first-order chi connectivity index (χ1) is 14.5. The highest BCUT2D eigenvalue weighted by atomic mass is 19.1. The summed E-state index contributed by atoms with van der Waals surface area (Å²) in [5.41, 5.74) is 0.705. The number of pyridine rings is 1. The highest BCUT2D eigenvalue weighted by Crippen LogP contribution is 2.27. The summed E-state index contributed by atoms with van der Waals surface area (Å²) in [6.45, 7) is 0.928. The van der Waals surface area contributed by atoms with Crippen molar-refractivity contribution in [2.45, 2.75) is 12.8 Å². The molecule has 2 aromatic carbocycles. The van der Waals surface area contributed by atoms with E-state index in [1.165, 1.54) is 0 Å². The minimum Gasteiger partial charge on any atom is -0.452 e. The van der Waals surface area contributed by atoms with Gasteiger partial charge in [0, 0.05) is 24.5 Å². The largest absolute Gasteiger partial charge is 0.452 e. The van der Waals surface area contributed by atoms with Crippen LogP contribution in [0.1, 0.15) is 23.2 Å². The van der Waals surface area contributed by atoms with Gasteiger partial charge in [-0.2, -0.15) is 0 Å². The van der Waals surface area contributed by atoms with Crippen molar-refractivity contribution >= 4 is 34.3 Å². The van der Waals surface area contributed by atoms with Crippen LogP contribution in [0.3, 0.4) is 0 Å². The molecule has 0 unspecified atom stereocenters. The van der Waals surface area contributed by atoms with E-state index in [9.17, 15) is 18.4 Å². The quantitative estimate of drug-likeness (QED) is 0.645. The Kier molecular flexibility index (Phi) is 5.56. The molecule has 1 aliphatic rings. The van der Waals surface area contributed by atoms with Gasteiger partial charge in [0.05, 0.1) is 11.2 Å². The number of amides is 1. The Labute approximate surface area is 171 Å². The normalized spacial score (nSPS) is 13.5. The van der Waals surface area contributed by atoms with Gasteiger partial charge >= 0.3 is 5.97 Å². The summed E-state index contributed by atoms with van der Waals surface area (Å²) < 4.78 is 32.1. The third-order valence-corrected chi connectivity index (χ3v) is 4.87. The maximum atomic E-state index is 13.7. The average molecular weight is 411 g/mol. The number of ether oxygens (including phenoxy) is 1. The molecular weight excluding hydrogens is 392 g/mol. The zero-order chi connectivity index (χ0) is 21.1. The molecule has 8 heteroatoms. The number of carbonyl (C=O) groups excluding carboxylic acids is 2. The predicted octanol–water partition coefficient (Wildman–Crippen LogP) is 3.91. The third-order valence-electron chi connectivity index (χ3n) is 4.87. The SMILES string of the molecule is O=C(COC(=O)c1cc2ccccc2nc1N1CCCC1)Nc1cc(F)ccc1F. The Balaban J connectivity index is 1.51. The van der Waals surface area contributed by atoms with Crippen LogP contribution in [-0.2, 0) is 9.53 Å². The minimum atomic E-state index is -0.786. The molecule has 3 aromatic rings. The highest BCUT2D eigenvalue weighted by molar-refractivity contribution is 6.01. The molecule has 1 aromatic heterocycles. The molecule has 4 rings (SSSR count). The fourth-order valence-corrected chi connectivity index (χ4v) is 3.41. The Morgan fingerprint density at radius 1 is 1.07 bits per heavy atom. The van der Waals surface area contributed by atoms with Crippen LogP contribution < -0.4 is 10.2 Å². The monoisotopic (exact) mass is 411 g/mol. The van der Waals surface area contributed by atoms with Crippen molar-refractivity contribution in [2.24, 2.45) is 0 Å². The van der Waals surface area contributed by atoms with E-state index in [4.69, 9.17) is 4.74 Å². The number of para-hydroxylation sites is 1. The average Bonchev–Trinajstić information content (AvgIpc) is 3.28. The first-order valence-corrected chi connectivity index (χ1v) is 9.58. The Hall–Kier alpha value is -3.55.